The van der Waals surface area contributed by atoms with Crippen LogP contribution >= 0.6 is 22.7 Å². The van der Waals surface area contributed by atoms with Crippen LogP contribution in [0.4, 0.5) is 5.13 Å². The van der Waals surface area contributed by atoms with Crippen molar-refractivity contribution >= 4 is 124 Å². The van der Waals surface area contributed by atoms with E-state index in [1.54, 1.807) is 12.3 Å². The van der Waals surface area contributed by atoms with Crippen LogP contribution < -0.4 is 40.4 Å². The second-order valence-corrected chi connectivity index (χ2v) is 30.0. The Labute approximate surface area is 478 Å². The van der Waals surface area contributed by atoms with Crippen LogP contribution in [0.3, 0.4) is 0 Å². The Morgan fingerprint density at radius 3 is 1.77 bits per heavy atom. The fraction of sp³-hybridized carbons (Fsp3) is 0.636. The minimum Gasteiger partial charge on any atom is -0.544 e. The number of Topliss-reactive ketones (excluding diaryl/α,β-unsaturated/α-hetero) is 2. The molecule has 0 aliphatic carbocycles. The molecule has 11 atom stereocenters. The van der Waals surface area contributed by atoms with Crippen molar-refractivity contribution in [2.24, 2.45) is 34.0 Å². The monoisotopic (exact) mass is 1180 g/mol. The normalized spacial score (nSPS) is 28.9. The molecule has 2 aromatic heterocycles. The second-order valence-electron chi connectivity index (χ2n) is 20.1. The molecule has 2 amide bonds. The summed E-state index contributed by atoms with van der Waals surface area (Å²) in [6.07, 6.45) is -2.41. The van der Waals surface area contributed by atoms with Crippen molar-refractivity contribution in [1.82, 2.24) is 19.8 Å². The fourth-order valence-corrected chi connectivity index (χ4v) is 15.4. The number of carboxylic acid groups (broad SMARTS) is 1. The first-order chi connectivity index (χ1) is 35.7. The Morgan fingerprint density at radius 2 is 1.34 bits per heavy atom. The average molecular weight is 1180 g/mol. The third-order valence-corrected chi connectivity index (χ3v) is 23.9. The maximum Gasteiger partial charge on any atom is 1.00 e. The summed E-state index contributed by atoms with van der Waals surface area (Å²) in [4.78, 5) is 122. The Bertz CT molecular complexity index is 2810. The summed E-state index contributed by atoms with van der Waals surface area (Å²) in [5, 5.41) is 39.8. The third-order valence-electron chi connectivity index (χ3n) is 14.3. The van der Waals surface area contributed by atoms with E-state index in [9.17, 15) is 51.9 Å². The summed E-state index contributed by atoms with van der Waals surface area (Å²) in [6, 6.07) is 0. The molecule has 2 aromatic rings. The van der Waals surface area contributed by atoms with Gasteiger partial charge in [0.15, 0.2) is 42.5 Å². The van der Waals surface area contributed by atoms with E-state index in [0.717, 1.165) is 21.1 Å². The molecule has 4 N–H and O–H groups in total. The number of β-lactam (4-membered cyclic amide) rings is 2. The van der Waals surface area contributed by atoms with Crippen LogP contribution in [0.5, 0.6) is 0 Å². The number of ketones is 2. The molecule has 1 unspecified atom stereocenters. The first-order valence-electron chi connectivity index (χ1n) is 23.7. The van der Waals surface area contributed by atoms with Crippen LogP contribution in [0.1, 0.15) is 76.2 Å². The van der Waals surface area contributed by atoms with Crippen LogP contribution in [0, 0.1) is 30.6 Å². The van der Waals surface area contributed by atoms with E-state index >= 15 is 0 Å². The number of aliphatic hydroxyl groups excluding tert-OH is 2. The Hall–Kier alpha value is -4.38. The van der Waals surface area contributed by atoms with Gasteiger partial charge >= 0.3 is 55.5 Å². The number of fused-ring (bicyclic) bond motifs is 6. The number of anilines is 1. The summed E-state index contributed by atoms with van der Waals surface area (Å²) in [7, 11) is -0.384. The van der Waals surface area contributed by atoms with Crippen LogP contribution in [-0.2, 0) is 88.2 Å². The number of rotatable bonds is 20. The molecular weight excluding hydrogens is 1120 g/mol. The first kappa shape index (κ1) is 61.8. The number of carbonyl (C=O) groups is 8. The van der Waals surface area contributed by atoms with Gasteiger partial charge in [-0.2, -0.15) is 0 Å². The number of aromatic nitrogens is 2. The number of thiazole rings is 2. The third kappa shape index (κ3) is 11.7. The van der Waals surface area contributed by atoms with Crippen molar-refractivity contribution in [3.63, 3.8) is 0 Å². The molecule has 0 saturated carbocycles. The van der Waals surface area contributed by atoms with E-state index in [1.807, 2.05) is 6.92 Å². The Morgan fingerprint density at radius 1 is 0.870 bits per heavy atom. The van der Waals surface area contributed by atoms with Crippen molar-refractivity contribution in [2.75, 3.05) is 37.1 Å². The molecular formula is C44H55BN7NaO19S4Si. The van der Waals surface area contributed by atoms with E-state index in [2.05, 4.69) is 58.8 Å². The topological polar surface area (TPSA) is 373 Å². The molecule has 33 heteroatoms. The van der Waals surface area contributed by atoms with Gasteiger partial charge in [0.2, 0.25) is 17.5 Å². The van der Waals surface area contributed by atoms with Gasteiger partial charge in [0.05, 0.1) is 55.4 Å². The SMILES string of the molecule is Nc1nc(/C(=N/OC(CO)CO)C(=O)C[C@@H]2C(=O)N3[C@@H]2[S@@](=O)C[C@@H]2CC(=O)O[C@@]23C(=O)[O-])cs1.[B]OC(=O)[C@]12OC(=O)C[C@H]1C[S@](=O)[C@@H]1[C@H](CC(=O)/C(=N\OC(CC)CO[Si](C)(C)C(C)(C)C)c3csc(C)n3)C(=O)N12.[Na+]. The van der Waals surface area contributed by atoms with Gasteiger partial charge < -0.3 is 54.1 Å². The van der Waals surface area contributed by atoms with Crippen molar-refractivity contribution in [3.8, 4) is 0 Å². The second kappa shape index (κ2) is 24.1. The van der Waals surface area contributed by atoms with E-state index < -0.39 is 155 Å². The van der Waals surface area contributed by atoms with Crippen molar-refractivity contribution in [3.05, 3.63) is 27.2 Å². The number of aliphatic carboxylic acids is 1. The zero-order valence-corrected chi connectivity index (χ0v) is 49.4. The predicted octanol–water partition coefficient (Wildman–Crippen LogP) is -4.32. The van der Waals surface area contributed by atoms with Gasteiger partial charge in [0.25, 0.3) is 5.72 Å². The number of esters is 2. The van der Waals surface area contributed by atoms with Crippen molar-refractivity contribution in [1.29, 1.82) is 0 Å². The number of carboxylic acids is 1. The zero-order valence-electron chi connectivity index (χ0n) is 43.2. The number of carbonyl (C=O) groups excluding carboxylic acids is 8. The number of nitrogens with two attached hydrogens (primary N) is 1. The summed E-state index contributed by atoms with van der Waals surface area (Å²) >= 11 is 2.33. The van der Waals surface area contributed by atoms with Gasteiger partial charge in [-0.1, -0.05) is 38.0 Å². The summed E-state index contributed by atoms with van der Waals surface area (Å²) < 4.78 is 47.0. The Kier molecular flexibility index (Phi) is 19.4. The molecule has 0 bridgehead atoms. The molecule has 0 aromatic carbocycles. The van der Waals surface area contributed by atoms with Gasteiger partial charge in [0.1, 0.15) is 34.2 Å². The van der Waals surface area contributed by atoms with Crippen LogP contribution in [-0.4, -0.2) is 179 Å². The molecule has 6 aliphatic rings. The summed E-state index contributed by atoms with van der Waals surface area (Å²) in [5.74, 6) is -11.8. The molecule has 6 saturated heterocycles. The summed E-state index contributed by atoms with van der Waals surface area (Å²) in [6.45, 7) is 13.5. The van der Waals surface area contributed by atoms with Gasteiger partial charge in [-0.3, -0.25) is 47.0 Å². The number of aliphatic hydroxyl groups is 2. The minimum atomic E-state index is -2.36. The van der Waals surface area contributed by atoms with Crippen molar-refractivity contribution in [2.45, 2.75) is 119 Å². The molecule has 412 valence electrons. The molecule has 26 nitrogen and oxygen atoms in total. The fourth-order valence-electron chi connectivity index (χ4n) is 9.20. The largest absolute Gasteiger partial charge is 1.00 e. The number of oxime groups is 2. The van der Waals surface area contributed by atoms with Crippen LogP contribution in [0.2, 0.25) is 18.1 Å². The Balaban J connectivity index is 0.000000251. The average Bonchev–Trinajstić information content (AvgIpc) is 4.18. The number of hydrogen-bond donors (Lipinski definition) is 3. The van der Waals surface area contributed by atoms with E-state index in [1.165, 1.54) is 16.7 Å². The number of nitrogens with zero attached hydrogens (tertiary/aromatic N) is 6. The maximum absolute atomic E-state index is 13.6. The van der Waals surface area contributed by atoms with Gasteiger partial charge in [-0.05, 0) is 31.5 Å². The molecule has 8 heterocycles. The predicted molar refractivity (Wildman–Crippen MR) is 268 cm³/mol. The van der Waals surface area contributed by atoms with E-state index in [-0.39, 0.29) is 87.6 Å². The maximum atomic E-state index is 13.6. The number of nitrogen functional groups attached to an aromatic ring is 1. The zero-order chi connectivity index (χ0) is 56.0. The minimum absolute atomic E-state index is 0. The van der Waals surface area contributed by atoms with Crippen LogP contribution in [0.25, 0.3) is 0 Å². The molecule has 6 aliphatic heterocycles. The molecule has 0 spiro atoms. The molecule has 2 radical (unpaired) electrons. The quantitative estimate of drug-likeness (QED) is 0.0371. The number of aryl methyl sites for hydroxylation is 1. The van der Waals surface area contributed by atoms with Gasteiger partial charge in [-0.25, -0.2) is 14.8 Å². The number of hydrogen-bond acceptors (Lipinski definition) is 26. The molecule has 8 rings (SSSR count). The number of amides is 2. The summed E-state index contributed by atoms with van der Waals surface area (Å²) in [5.41, 5.74) is 1.05. The van der Waals surface area contributed by atoms with Gasteiger partial charge in [-0.15, -0.1) is 22.7 Å². The standard InChI is InChI=1S/C26H36BN3O9S2Si.C18H20N4O10S2.Na/c1-8-16(11-36-42(6,7)25(3,4)5)39-29-21(18-12-40-14(2)28-18)19(31)10-17-22(33)30-23(17)41(35)13-15-9-20(32)37-26(15,30)24(34)38-27;19-17-20-10(5-33-17)13(21-32-8(3-23)4-24)11(25)2-9-14(27)22-15(9)34(30)6-7-1-12(26)31-18(7,22)16(28)29;/h12,15-17,23H,8-11,13H2,1-7H3;5,7-9,15,23-24H,1-4,6H2,(H2,19,20)(H,28,29);/q;;+1/p-1/b29-21-;21-13-;/t15-,16?,17+,23+,26+,41-;7-,9+,15+,18+,34-;/m00./s1. The number of ether oxygens (including phenoxy) is 2. The van der Waals surface area contributed by atoms with Gasteiger partial charge in [0, 0.05) is 62.6 Å². The van der Waals surface area contributed by atoms with Crippen molar-refractivity contribution < 1.29 is 120 Å². The molecule has 77 heavy (non-hydrogen) atoms. The molecule has 6 fully saturated rings. The van der Waals surface area contributed by atoms with E-state index in [0.29, 0.717) is 23.7 Å². The van der Waals surface area contributed by atoms with Crippen LogP contribution in [0.15, 0.2) is 21.1 Å². The van der Waals surface area contributed by atoms with E-state index in [4.69, 9.17) is 47.6 Å². The first-order valence-corrected chi connectivity index (χ1v) is 31.1. The smallest absolute Gasteiger partial charge is 0.544 e.